The molecule has 0 bridgehead atoms. The van der Waals surface area contributed by atoms with E-state index in [2.05, 4.69) is 0 Å². The van der Waals surface area contributed by atoms with Crippen LogP contribution in [0.15, 0.2) is 23.8 Å². The van der Waals surface area contributed by atoms with Crippen LogP contribution in [0.2, 0.25) is 0 Å². The molecule has 0 aromatic carbocycles. The van der Waals surface area contributed by atoms with E-state index in [9.17, 15) is 9.59 Å². The predicted octanol–water partition coefficient (Wildman–Crippen LogP) is 7.81. The van der Waals surface area contributed by atoms with Crippen molar-refractivity contribution in [1.29, 1.82) is 0 Å². The number of allylic oxidation sites excluding steroid dienone is 4. The van der Waals surface area contributed by atoms with Gasteiger partial charge in [0.1, 0.15) is 0 Å². The third-order valence-electron chi connectivity index (χ3n) is 6.39. The van der Waals surface area contributed by atoms with Gasteiger partial charge in [0.05, 0.1) is 0 Å². The molecule has 0 aromatic heterocycles. The van der Waals surface area contributed by atoms with Crippen LogP contribution in [0.5, 0.6) is 0 Å². The van der Waals surface area contributed by atoms with Gasteiger partial charge in [-0.05, 0) is 37.5 Å². The van der Waals surface area contributed by atoms with Gasteiger partial charge in [0, 0.05) is 12.2 Å². The molecule has 1 N–H and O–H groups in total. The Bertz CT molecular complexity index is 518. The predicted molar refractivity (Wildman–Crippen MR) is 131 cm³/mol. The van der Waals surface area contributed by atoms with Crippen LogP contribution < -0.4 is 0 Å². The van der Waals surface area contributed by atoms with Gasteiger partial charge in [0.25, 0.3) is 0 Å². The van der Waals surface area contributed by atoms with Crippen molar-refractivity contribution in [3.8, 4) is 0 Å². The van der Waals surface area contributed by atoms with E-state index in [0.29, 0.717) is 12.2 Å². The second-order valence-corrected chi connectivity index (χ2v) is 9.31. The van der Waals surface area contributed by atoms with Crippen molar-refractivity contribution in [3.05, 3.63) is 23.8 Å². The zero-order valence-corrected chi connectivity index (χ0v) is 20.1. The summed E-state index contributed by atoms with van der Waals surface area (Å²) in [5, 5.41) is 8.75. The monoisotopic (exact) mass is 432 g/mol. The second-order valence-electron chi connectivity index (χ2n) is 9.31. The van der Waals surface area contributed by atoms with Crippen LogP contribution in [0.4, 0.5) is 0 Å². The van der Waals surface area contributed by atoms with E-state index in [-0.39, 0.29) is 11.6 Å². The quantitative estimate of drug-likeness (QED) is 0.140. The van der Waals surface area contributed by atoms with E-state index < -0.39 is 0 Å². The third-order valence-corrected chi connectivity index (χ3v) is 6.39. The first kappa shape index (κ1) is 27.8. The highest BCUT2D eigenvalue weighted by molar-refractivity contribution is 6.17. The minimum absolute atomic E-state index is 0.0147. The average Bonchev–Trinajstić information content (AvgIpc) is 2.77. The molecule has 31 heavy (non-hydrogen) atoms. The number of aliphatic hydroxyl groups excluding tert-OH is 1. The van der Waals surface area contributed by atoms with Gasteiger partial charge in [-0.1, -0.05) is 116 Å². The highest BCUT2D eigenvalue weighted by Crippen LogP contribution is 2.17. The standard InChI is InChI=1S/C28H48O3/c29-24-20-18-16-14-12-10-8-6-4-2-1-3-5-7-9-11-13-15-17-19-21-26-25-27(30)22-23-28(26)31/h22-23,25,29H,1-21,24H2. The number of aliphatic hydroxyl groups is 1. The summed E-state index contributed by atoms with van der Waals surface area (Å²) < 4.78 is 0. The Morgan fingerprint density at radius 3 is 1.23 bits per heavy atom. The molecule has 1 aliphatic carbocycles. The molecular weight excluding hydrogens is 384 g/mol. The molecule has 0 unspecified atom stereocenters. The van der Waals surface area contributed by atoms with Gasteiger partial charge >= 0.3 is 0 Å². The molecule has 0 atom stereocenters. The molecule has 0 radical (unpaired) electrons. The van der Waals surface area contributed by atoms with Gasteiger partial charge in [-0.2, -0.15) is 0 Å². The highest BCUT2D eigenvalue weighted by Gasteiger charge is 2.12. The van der Waals surface area contributed by atoms with Gasteiger partial charge in [-0.3, -0.25) is 9.59 Å². The van der Waals surface area contributed by atoms with Crippen LogP contribution >= 0.6 is 0 Å². The molecule has 178 valence electrons. The topological polar surface area (TPSA) is 54.4 Å². The smallest absolute Gasteiger partial charge is 0.182 e. The number of hydrogen-bond donors (Lipinski definition) is 1. The molecule has 0 amide bonds. The van der Waals surface area contributed by atoms with Crippen molar-refractivity contribution in [2.75, 3.05) is 6.61 Å². The highest BCUT2D eigenvalue weighted by atomic mass is 16.2. The molecule has 0 saturated heterocycles. The fourth-order valence-electron chi connectivity index (χ4n) is 4.36. The van der Waals surface area contributed by atoms with Gasteiger partial charge in [0.2, 0.25) is 0 Å². The number of rotatable bonds is 22. The Hall–Kier alpha value is -1.22. The van der Waals surface area contributed by atoms with E-state index in [1.54, 1.807) is 0 Å². The Morgan fingerprint density at radius 1 is 0.484 bits per heavy atom. The molecule has 1 rings (SSSR count). The van der Waals surface area contributed by atoms with Gasteiger partial charge in [-0.25, -0.2) is 0 Å². The Kier molecular flexibility index (Phi) is 18.5. The van der Waals surface area contributed by atoms with E-state index in [1.807, 2.05) is 0 Å². The van der Waals surface area contributed by atoms with Crippen molar-refractivity contribution < 1.29 is 14.7 Å². The first-order chi connectivity index (χ1) is 15.2. The average molecular weight is 433 g/mol. The normalized spacial score (nSPS) is 13.8. The second kappa shape index (κ2) is 20.7. The molecule has 0 heterocycles. The Labute approximate surface area is 191 Å². The maximum absolute atomic E-state index is 11.7. The SMILES string of the molecule is O=C1C=CC(=O)C(CCCCCCCCCCCCCCCCCCCCCCO)=C1. The minimum Gasteiger partial charge on any atom is -0.396 e. The number of ketones is 2. The summed E-state index contributed by atoms with van der Waals surface area (Å²) in [6.07, 6.45) is 31.3. The van der Waals surface area contributed by atoms with Crippen molar-refractivity contribution in [3.63, 3.8) is 0 Å². The van der Waals surface area contributed by atoms with Crippen LogP contribution in [0.3, 0.4) is 0 Å². The number of hydrogen-bond acceptors (Lipinski definition) is 3. The maximum atomic E-state index is 11.7. The lowest BCUT2D eigenvalue weighted by Gasteiger charge is -2.07. The maximum Gasteiger partial charge on any atom is 0.182 e. The molecule has 3 nitrogen and oxygen atoms in total. The fraction of sp³-hybridized carbons (Fsp3) is 0.786. The lowest BCUT2D eigenvalue weighted by molar-refractivity contribution is -0.114. The van der Waals surface area contributed by atoms with Crippen LogP contribution in [-0.4, -0.2) is 23.3 Å². The van der Waals surface area contributed by atoms with Gasteiger partial charge in [-0.15, -0.1) is 0 Å². The number of carbonyl (C=O) groups excluding carboxylic acids is 2. The largest absolute Gasteiger partial charge is 0.396 e. The molecule has 0 aliphatic heterocycles. The number of unbranched alkanes of at least 4 members (excludes halogenated alkanes) is 19. The summed E-state index contributed by atoms with van der Waals surface area (Å²) in [6.45, 7) is 0.355. The van der Waals surface area contributed by atoms with Crippen molar-refractivity contribution in [2.24, 2.45) is 0 Å². The molecule has 0 saturated carbocycles. The fourth-order valence-corrected chi connectivity index (χ4v) is 4.36. The third kappa shape index (κ3) is 17.1. The summed E-state index contributed by atoms with van der Waals surface area (Å²) in [7, 11) is 0. The molecule has 0 spiro atoms. The summed E-state index contributed by atoms with van der Waals surface area (Å²) in [6, 6.07) is 0. The van der Waals surface area contributed by atoms with Gasteiger partial charge < -0.3 is 5.11 Å². The zero-order valence-electron chi connectivity index (χ0n) is 20.1. The van der Waals surface area contributed by atoms with Crippen molar-refractivity contribution in [1.82, 2.24) is 0 Å². The summed E-state index contributed by atoms with van der Waals surface area (Å²) in [5.74, 6) is -0.0347. The molecule has 3 heteroatoms. The summed E-state index contributed by atoms with van der Waals surface area (Å²) >= 11 is 0. The summed E-state index contributed by atoms with van der Waals surface area (Å²) in [5.41, 5.74) is 0.692. The zero-order chi connectivity index (χ0) is 22.4. The Balaban J connectivity index is 1.72. The molecular formula is C28H48O3. The lowest BCUT2D eigenvalue weighted by Crippen LogP contribution is -2.07. The van der Waals surface area contributed by atoms with Crippen LogP contribution in [0, 0.1) is 0 Å². The molecule has 0 aromatic rings. The van der Waals surface area contributed by atoms with E-state index in [0.717, 1.165) is 25.7 Å². The van der Waals surface area contributed by atoms with E-state index in [4.69, 9.17) is 5.11 Å². The lowest BCUT2D eigenvalue weighted by atomic mass is 9.97. The first-order valence-electron chi connectivity index (χ1n) is 13.3. The van der Waals surface area contributed by atoms with E-state index in [1.165, 1.54) is 127 Å². The van der Waals surface area contributed by atoms with Crippen molar-refractivity contribution >= 4 is 11.6 Å². The van der Waals surface area contributed by atoms with Crippen molar-refractivity contribution in [2.45, 2.75) is 135 Å². The minimum atomic E-state index is -0.0493. The van der Waals surface area contributed by atoms with Crippen LogP contribution in [0.1, 0.15) is 135 Å². The van der Waals surface area contributed by atoms with E-state index >= 15 is 0 Å². The Morgan fingerprint density at radius 2 is 0.839 bits per heavy atom. The summed E-state index contributed by atoms with van der Waals surface area (Å²) in [4.78, 5) is 23.0. The first-order valence-corrected chi connectivity index (χ1v) is 13.3. The molecule has 0 fully saturated rings. The number of carbonyl (C=O) groups is 2. The molecule has 1 aliphatic rings. The van der Waals surface area contributed by atoms with Crippen LogP contribution in [0.25, 0.3) is 0 Å². The van der Waals surface area contributed by atoms with Gasteiger partial charge in [0.15, 0.2) is 11.6 Å². The van der Waals surface area contributed by atoms with Crippen LogP contribution in [-0.2, 0) is 9.59 Å².